The molecule has 0 aliphatic rings. The molecule has 2 N–H and O–H groups in total. The van der Waals surface area contributed by atoms with Crippen LogP contribution in [0.3, 0.4) is 0 Å². The van der Waals surface area contributed by atoms with E-state index in [0.29, 0.717) is 15.6 Å². The highest BCUT2D eigenvalue weighted by atomic mass is 35.5. The van der Waals surface area contributed by atoms with Crippen LogP contribution in [0, 0.1) is 5.82 Å². The van der Waals surface area contributed by atoms with E-state index in [9.17, 15) is 9.18 Å². The average Bonchev–Trinajstić information content (AvgIpc) is 2.36. The third kappa shape index (κ3) is 3.06. The SMILES string of the molecule is Nc1c(F)cccc1C(=O)Cc1ccc(Cl)cc1Cl. The van der Waals surface area contributed by atoms with Crippen LogP contribution in [0.1, 0.15) is 15.9 Å². The minimum atomic E-state index is -0.604. The predicted octanol–water partition coefficient (Wildman–Crippen LogP) is 4.14. The van der Waals surface area contributed by atoms with E-state index in [-0.39, 0.29) is 23.5 Å². The zero-order valence-corrected chi connectivity index (χ0v) is 11.3. The Bertz CT molecular complexity index is 643. The molecule has 2 aromatic rings. The number of ketones is 1. The monoisotopic (exact) mass is 297 g/mol. The molecule has 0 aliphatic carbocycles. The van der Waals surface area contributed by atoms with E-state index >= 15 is 0 Å². The molecule has 0 unspecified atom stereocenters. The molecule has 2 rings (SSSR count). The standard InChI is InChI=1S/C14H10Cl2FNO/c15-9-5-4-8(11(16)7-9)6-13(19)10-2-1-3-12(17)14(10)18/h1-5,7H,6,18H2. The molecule has 0 atom stereocenters. The molecule has 0 bridgehead atoms. The summed E-state index contributed by atoms with van der Waals surface area (Å²) in [4.78, 5) is 12.1. The van der Waals surface area contributed by atoms with Crippen LogP contribution in [0.25, 0.3) is 0 Å². The Morgan fingerprint density at radius 2 is 1.95 bits per heavy atom. The van der Waals surface area contributed by atoms with E-state index in [1.54, 1.807) is 18.2 Å². The van der Waals surface area contributed by atoms with Gasteiger partial charge in [0.1, 0.15) is 5.82 Å². The minimum absolute atomic E-state index is 0.0453. The summed E-state index contributed by atoms with van der Waals surface area (Å²) in [5.41, 5.74) is 6.19. The maximum absolute atomic E-state index is 13.3. The summed E-state index contributed by atoms with van der Waals surface area (Å²) in [6.45, 7) is 0. The molecule has 0 fully saturated rings. The molecule has 0 amide bonds. The maximum atomic E-state index is 13.3. The van der Waals surface area contributed by atoms with E-state index in [2.05, 4.69) is 0 Å². The molecule has 0 aliphatic heterocycles. The molecular weight excluding hydrogens is 288 g/mol. The van der Waals surface area contributed by atoms with Gasteiger partial charge in [-0.1, -0.05) is 35.3 Å². The van der Waals surface area contributed by atoms with Crippen molar-refractivity contribution in [2.75, 3.05) is 5.73 Å². The second-order valence-electron chi connectivity index (χ2n) is 4.04. The number of nitrogens with two attached hydrogens (primary N) is 1. The molecule has 0 heterocycles. The molecule has 0 aromatic heterocycles. The van der Waals surface area contributed by atoms with Gasteiger partial charge in [0.05, 0.1) is 5.69 Å². The third-order valence-corrected chi connectivity index (χ3v) is 3.31. The van der Waals surface area contributed by atoms with E-state index in [1.807, 2.05) is 0 Å². The molecule has 2 nitrogen and oxygen atoms in total. The first kappa shape index (κ1) is 13.8. The summed E-state index contributed by atoms with van der Waals surface area (Å²) < 4.78 is 13.3. The van der Waals surface area contributed by atoms with Crippen LogP contribution in [0.4, 0.5) is 10.1 Å². The molecule has 0 saturated heterocycles. The number of benzene rings is 2. The Morgan fingerprint density at radius 1 is 1.21 bits per heavy atom. The lowest BCUT2D eigenvalue weighted by molar-refractivity contribution is 0.0993. The Kier molecular flexibility index (Phi) is 4.08. The molecule has 19 heavy (non-hydrogen) atoms. The predicted molar refractivity (Wildman–Crippen MR) is 75.3 cm³/mol. The fourth-order valence-corrected chi connectivity index (χ4v) is 2.19. The van der Waals surface area contributed by atoms with Crippen LogP contribution >= 0.6 is 23.2 Å². The van der Waals surface area contributed by atoms with Gasteiger partial charge in [0, 0.05) is 22.0 Å². The second-order valence-corrected chi connectivity index (χ2v) is 4.88. The van der Waals surface area contributed by atoms with Gasteiger partial charge >= 0.3 is 0 Å². The van der Waals surface area contributed by atoms with Gasteiger partial charge in [-0.15, -0.1) is 0 Å². The van der Waals surface area contributed by atoms with Crippen molar-refractivity contribution in [3.8, 4) is 0 Å². The van der Waals surface area contributed by atoms with Crippen LogP contribution in [-0.4, -0.2) is 5.78 Å². The molecule has 0 radical (unpaired) electrons. The van der Waals surface area contributed by atoms with Gasteiger partial charge in [0.2, 0.25) is 0 Å². The second kappa shape index (κ2) is 5.59. The topological polar surface area (TPSA) is 43.1 Å². The number of nitrogen functional groups attached to an aromatic ring is 1. The summed E-state index contributed by atoms with van der Waals surface area (Å²) in [7, 11) is 0. The molecule has 0 saturated carbocycles. The zero-order chi connectivity index (χ0) is 14.0. The molecule has 98 valence electrons. The van der Waals surface area contributed by atoms with Gasteiger partial charge in [-0.25, -0.2) is 4.39 Å². The van der Waals surface area contributed by atoms with Crippen molar-refractivity contribution in [3.63, 3.8) is 0 Å². The van der Waals surface area contributed by atoms with Gasteiger partial charge in [0.15, 0.2) is 5.78 Å². The van der Waals surface area contributed by atoms with Crippen LogP contribution in [0.2, 0.25) is 10.0 Å². The summed E-state index contributed by atoms with van der Waals surface area (Å²) >= 11 is 11.8. The Morgan fingerprint density at radius 3 is 2.63 bits per heavy atom. The number of carbonyl (C=O) groups excluding carboxylic acids is 1. The van der Waals surface area contributed by atoms with Crippen molar-refractivity contribution in [1.82, 2.24) is 0 Å². The van der Waals surface area contributed by atoms with E-state index in [1.165, 1.54) is 18.2 Å². The van der Waals surface area contributed by atoms with Crippen LogP contribution in [0.5, 0.6) is 0 Å². The number of Topliss-reactive ketones (excluding diaryl/α,β-unsaturated/α-hetero) is 1. The first-order valence-corrected chi connectivity index (χ1v) is 6.25. The summed E-state index contributed by atoms with van der Waals surface area (Å²) in [6.07, 6.45) is 0.0453. The number of carbonyl (C=O) groups is 1. The fourth-order valence-electron chi connectivity index (χ4n) is 1.71. The molecule has 5 heteroatoms. The summed E-state index contributed by atoms with van der Waals surface area (Å²) in [5.74, 6) is -0.894. The lowest BCUT2D eigenvalue weighted by Crippen LogP contribution is -2.08. The van der Waals surface area contributed by atoms with E-state index in [4.69, 9.17) is 28.9 Å². The first-order chi connectivity index (χ1) is 8.99. The summed E-state index contributed by atoms with van der Waals surface area (Å²) in [6, 6.07) is 9.01. The van der Waals surface area contributed by atoms with Crippen LogP contribution < -0.4 is 5.73 Å². The van der Waals surface area contributed by atoms with Gasteiger partial charge in [-0.2, -0.15) is 0 Å². The number of halogens is 3. The number of hydrogen-bond acceptors (Lipinski definition) is 2. The normalized spacial score (nSPS) is 10.5. The van der Waals surface area contributed by atoms with Gasteiger partial charge in [0.25, 0.3) is 0 Å². The van der Waals surface area contributed by atoms with Crippen LogP contribution in [-0.2, 0) is 6.42 Å². The Hall–Kier alpha value is -1.58. The van der Waals surface area contributed by atoms with Gasteiger partial charge < -0.3 is 5.73 Å². The van der Waals surface area contributed by atoms with Gasteiger partial charge in [-0.3, -0.25) is 4.79 Å². The highest BCUT2D eigenvalue weighted by Gasteiger charge is 2.14. The van der Waals surface area contributed by atoms with E-state index < -0.39 is 5.82 Å². The minimum Gasteiger partial charge on any atom is -0.396 e. The van der Waals surface area contributed by atoms with Crippen molar-refractivity contribution >= 4 is 34.7 Å². The highest BCUT2D eigenvalue weighted by Crippen LogP contribution is 2.24. The molecular formula is C14H10Cl2FNO. The molecule has 2 aromatic carbocycles. The lowest BCUT2D eigenvalue weighted by atomic mass is 10.0. The smallest absolute Gasteiger partial charge is 0.169 e. The largest absolute Gasteiger partial charge is 0.396 e. The third-order valence-electron chi connectivity index (χ3n) is 2.72. The van der Waals surface area contributed by atoms with Gasteiger partial charge in [-0.05, 0) is 29.8 Å². The number of para-hydroxylation sites is 1. The number of anilines is 1. The number of hydrogen-bond donors (Lipinski definition) is 1. The number of rotatable bonds is 3. The summed E-state index contributed by atoms with van der Waals surface area (Å²) in [5, 5.41) is 0.891. The lowest BCUT2D eigenvalue weighted by Gasteiger charge is -2.07. The zero-order valence-electron chi connectivity index (χ0n) is 9.79. The quantitative estimate of drug-likeness (QED) is 0.683. The maximum Gasteiger partial charge on any atom is 0.169 e. The highest BCUT2D eigenvalue weighted by molar-refractivity contribution is 6.35. The Balaban J connectivity index is 2.28. The van der Waals surface area contributed by atoms with E-state index in [0.717, 1.165) is 0 Å². The van der Waals surface area contributed by atoms with Crippen molar-refractivity contribution in [1.29, 1.82) is 0 Å². The van der Waals surface area contributed by atoms with Crippen molar-refractivity contribution in [2.24, 2.45) is 0 Å². The van der Waals surface area contributed by atoms with Crippen molar-refractivity contribution in [2.45, 2.75) is 6.42 Å². The first-order valence-electron chi connectivity index (χ1n) is 5.50. The Labute approximate surface area is 119 Å². The van der Waals surface area contributed by atoms with Crippen LogP contribution in [0.15, 0.2) is 36.4 Å². The molecule has 0 spiro atoms. The van der Waals surface area contributed by atoms with Crippen molar-refractivity contribution < 1.29 is 9.18 Å². The van der Waals surface area contributed by atoms with Crippen molar-refractivity contribution in [3.05, 3.63) is 63.4 Å². The fraction of sp³-hybridized carbons (Fsp3) is 0.0714. The average molecular weight is 298 g/mol.